The number of amides is 1. The van der Waals surface area contributed by atoms with Gasteiger partial charge in [-0.2, -0.15) is 0 Å². The standard InChI is InChI=1S/C22H25NO3/c24-21(23-12-10-20(11-13-23)22-25-14-15-26-22)16-17-6-8-19(9-7-17)18-4-2-1-3-5-18/h1-9,20,22H,10-16H2. The lowest BCUT2D eigenvalue weighted by Crippen LogP contribution is -2.42. The van der Waals surface area contributed by atoms with E-state index in [2.05, 4.69) is 36.4 Å². The summed E-state index contributed by atoms with van der Waals surface area (Å²) in [5, 5.41) is 0. The number of hydrogen-bond acceptors (Lipinski definition) is 3. The first-order valence-corrected chi connectivity index (χ1v) is 9.45. The Morgan fingerprint density at radius 2 is 1.50 bits per heavy atom. The summed E-state index contributed by atoms with van der Waals surface area (Å²) >= 11 is 0. The molecule has 0 radical (unpaired) electrons. The Morgan fingerprint density at radius 1 is 0.885 bits per heavy atom. The topological polar surface area (TPSA) is 38.8 Å². The molecule has 0 aromatic heterocycles. The highest BCUT2D eigenvalue weighted by atomic mass is 16.7. The van der Waals surface area contributed by atoms with Gasteiger partial charge in [0.2, 0.25) is 5.91 Å². The number of hydrogen-bond donors (Lipinski definition) is 0. The molecule has 2 fully saturated rings. The molecule has 136 valence electrons. The fourth-order valence-corrected chi connectivity index (χ4v) is 3.80. The lowest BCUT2D eigenvalue weighted by Gasteiger charge is -2.34. The van der Waals surface area contributed by atoms with E-state index >= 15 is 0 Å². The highest BCUT2D eigenvalue weighted by Gasteiger charge is 2.31. The molecule has 4 heteroatoms. The van der Waals surface area contributed by atoms with Crippen molar-refractivity contribution in [3.63, 3.8) is 0 Å². The molecule has 0 unspecified atom stereocenters. The molecule has 4 rings (SSSR count). The highest BCUT2D eigenvalue weighted by Crippen LogP contribution is 2.26. The predicted molar refractivity (Wildman–Crippen MR) is 101 cm³/mol. The van der Waals surface area contributed by atoms with Gasteiger partial charge in [0.1, 0.15) is 0 Å². The van der Waals surface area contributed by atoms with Crippen molar-refractivity contribution in [3.8, 4) is 11.1 Å². The Morgan fingerprint density at radius 3 is 2.15 bits per heavy atom. The van der Waals surface area contributed by atoms with Crippen LogP contribution in [0.25, 0.3) is 11.1 Å². The molecule has 1 amide bonds. The van der Waals surface area contributed by atoms with Gasteiger partial charge in [-0.15, -0.1) is 0 Å². The second-order valence-corrected chi connectivity index (χ2v) is 7.07. The van der Waals surface area contributed by atoms with Gasteiger partial charge in [-0.1, -0.05) is 54.6 Å². The molecule has 2 aliphatic heterocycles. The number of nitrogens with zero attached hydrogens (tertiary/aromatic N) is 1. The van der Waals surface area contributed by atoms with E-state index in [0.717, 1.165) is 31.5 Å². The summed E-state index contributed by atoms with van der Waals surface area (Å²) in [5.74, 6) is 0.635. The normalized spacial score (nSPS) is 19.0. The van der Waals surface area contributed by atoms with Crippen molar-refractivity contribution < 1.29 is 14.3 Å². The number of benzene rings is 2. The molecular weight excluding hydrogens is 326 g/mol. The van der Waals surface area contributed by atoms with Crippen molar-refractivity contribution in [3.05, 3.63) is 60.2 Å². The third-order valence-corrected chi connectivity index (χ3v) is 5.34. The minimum absolute atomic E-state index is 0.0576. The van der Waals surface area contributed by atoms with Gasteiger partial charge < -0.3 is 14.4 Å². The largest absolute Gasteiger partial charge is 0.350 e. The van der Waals surface area contributed by atoms with E-state index in [0.29, 0.717) is 25.6 Å². The molecule has 26 heavy (non-hydrogen) atoms. The van der Waals surface area contributed by atoms with Crippen molar-refractivity contribution >= 4 is 5.91 Å². The molecule has 2 aliphatic rings. The zero-order chi connectivity index (χ0) is 17.8. The van der Waals surface area contributed by atoms with Gasteiger partial charge in [0.15, 0.2) is 6.29 Å². The zero-order valence-corrected chi connectivity index (χ0v) is 15.0. The summed E-state index contributed by atoms with van der Waals surface area (Å²) in [6.07, 6.45) is 2.33. The van der Waals surface area contributed by atoms with Crippen LogP contribution in [-0.2, 0) is 20.7 Å². The Labute approximate surface area is 154 Å². The van der Waals surface area contributed by atoms with Crippen LogP contribution in [0.4, 0.5) is 0 Å². The van der Waals surface area contributed by atoms with Gasteiger partial charge in [-0.05, 0) is 29.5 Å². The molecule has 4 nitrogen and oxygen atoms in total. The summed E-state index contributed by atoms with van der Waals surface area (Å²) in [7, 11) is 0. The molecule has 0 spiro atoms. The van der Waals surface area contributed by atoms with Gasteiger partial charge >= 0.3 is 0 Å². The summed E-state index contributed by atoms with van der Waals surface area (Å²) < 4.78 is 11.2. The first kappa shape index (κ1) is 17.3. The van der Waals surface area contributed by atoms with E-state index in [1.54, 1.807) is 0 Å². The SMILES string of the molecule is O=C(Cc1ccc(-c2ccccc2)cc1)N1CCC(C2OCCO2)CC1. The average molecular weight is 351 g/mol. The Kier molecular flexibility index (Phi) is 5.32. The quantitative estimate of drug-likeness (QED) is 0.846. The molecule has 2 heterocycles. The third kappa shape index (κ3) is 3.97. The van der Waals surface area contributed by atoms with E-state index in [1.807, 2.05) is 23.1 Å². The molecular formula is C22H25NO3. The molecule has 0 saturated carbocycles. The van der Waals surface area contributed by atoms with Crippen LogP contribution in [0.5, 0.6) is 0 Å². The summed E-state index contributed by atoms with van der Waals surface area (Å²) in [4.78, 5) is 14.6. The van der Waals surface area contributed by atoms with Crippen LogP contribution in [0, 0.1) is 5.92 Å². The van der Waals surface area contributed by atoms with E-state index in [1.165, 1.54) is 11.1 Å². The number of carbonyl (C=O) groups is 1. The summed E-state index contributed by atoms with van der Waals surface area (Å²) in [5.41, 5.74) is 3.45. The molecule has 0 N–H and O–H groups in total. The van der Waals surface area contributed by atoms with Crippen LogP contribution < -0.4 is 0 Å². The molecule has 2 aromatic rings. The first-order chi connectivity index (χ1) is 12.8. The van der Waals surface area contributed by atoms with Crippen molar-refractivity contribution in [2.75, 3.05) is 26.3 Å². The fraction of sp³-hybridized carbons (Fsp3) is 0.409. The Balaban J connectivity index is 1.31. The second-order valence-electron chi connectivity index (χ2n) is 7.07. The van der Waals surface area contributed by atoms with Crippen LogP contribution in [0.3, 0.4) is 0 Å². The van der Waals surface area contributed by atoms with Gasteiger partial charge in [-0.3, -0.25) is 4.79 Å². The minimum atomic E-state index is -0.0576. The molecule has 0 bridgehead atoms. The van der Waals surface area contributed by atoms with Crippen molar-refractivity contribution in [1.82, 2.24) is 4.90 Å². The smallest absolute Gasteiger partial charge is 0.226 e. The van der Waals surface area contributed by atoms with Crippen LogP contribution >= 0.6 is 0 Å². The number of carbonyl (C=O) groups excluding carboxylic acids is 1. The predicted octanol–water partition coefficient (Wildman–Crippen LogP) is 3.51. The second kappa shape index (κ2) is 8.02. The van der Waals surface area contributed by atoms with Crippen LogP contribution in [-0.4, -0.2) is 43.4 Å². The zero-order valence-electron chi connectivity index (χ0n) is 15.0. The summed E-state index contributed by atoms with van der Waals surface area (Å²) in [6, 6.07) is 18.6. The van der Waals surface area contributed by atoms with Crippen molar-refractivity contribution in [2.45, 2.75) is 25.6 Å². The maximum atomic E-state index is 12.6. The van der Waals surface area contributed by atoms with E-state index in [4.69, 9.17) is 9.47 Å². The molecule has 2 saturated heterocycles. The van der Waals surface area contributed by atoms with Gasteiger partial charge in [0, 0.05) is 19.0 Å². The maximum absolute atomic E-state index is 12.6. The van der Waals surface area contributed by atoms with Gasteiger partial charge in [0.05, 0.1) is 19.6 Å². The van der Waals surface area contributed by atoms with E-state index in [-0.39, 0.29) is 12.2 Å². The van der Waals surface area contributed by atoms with Gasteiger partial charge in [-0.25, -0.2) is 0 Å². The molecule has 2 aromatic carbocycles. The van der Waals surface area contributed by atoms with E-state index < -0.39 is 0 Å². The molecule has 0 aliphatic carbocycles. The maximum Gasteiger partial charge on any atom is 0.226 e. The van der Waals surface area contributed by atoms with Crippen molar-refractivity contribution in [1.29, 1.82) is 0 Å². The van der Waals surface area contributed by atoms with Crippen LogP contribution in [0.2, 0.25) is 0 Å². The van der Waals surface area contributed by atoms with E-state index in [9.17, 15) is 4.79 Å². The number of rotatable bonds is 4. The number of ether oxygens (including phenoxy) is 2. The minimum Gasteiger partial charge on any atom is -0.350 e. The first-order valence-electron chi connectivity index (χ1n) is 9.45. The number of piperidine rings is 1. The Bertz CT molecular complexity index is 715. The lowest BCUT2D eigenvalue weighted by atomic mass is 9.95. The highest BCUT2D eigenvalue weighted by molar-refractivity contribution is 5.79. The van der Waals surface area contributed by atoms with Crippen molar-refractivity contribution in [2.24, 2.45) is 5.92 Å². The lowest BCUT2D eigenvalue weighted by molar-refractivity contribution is -0.136. The molecule has 0 atom stereocenters. The third-order valence-electron chi connectivity index (χ3n) is 5.34. The average Bonchev–Trinajstić information content (AvgIpc) is 3.24. The Hall–Kier alpha value is -2.17. The fourth-order valence-electron chi connectivity index (χ4n) is 3.80. The number of likely N-dealkylation sites (tertiary alicyclic amines) is 1. The van der Waals surface area contributed by atoms with Crippen LogP contribution in [0.15, 0.2) is 54.6 Å². The monoisotopic (exact) mass is 351 g/mol. The summed E-state index contributed by atoms with van der Waals surface area (Å²) in [6.45, 7) is 3.00. The van der Waals surface area contributed by atoms with Gasteiger partial charge in [0.25, 0.3) is 0 Å². The van der Waals surface area contributed by atoms with Crippen LogP contribution in [0.1, 0.15) is 18.4 Å².